The van der Waals surface area contributed by atoms with Gasteiger partial charge in [-0.3, -0.25) is 0 Å². The molecule has 0 saturated heterocycles. The molecule has 0 radical (unpaired) electrons. The largest absolute Gasteiger partial charge is 0.122 e. The van der Waals surface area contributed by atoms with Gasteiger partial charge in [0.05, 0.1) is 0 Å². The van der Waals surface area contributed by atoms with E-state index in [2.05, 4.69) is 20.8 Å². The summed E-state index contributed by atoms with van der Waals surface area (Å²) in [4.78, 5) is 0. The molecule has 0 rings (SSSR count). The van der Waals surface area contributed by atoms with Crippen LogP contribution in [0.5, 0.6) is 0 Å². The second-order valence-electron chi connectivity index (χ2n) is 7.68. The Morgan fingerprint density at radius 1 is 0.522 bits per heavy atom. The number of rotatable bonds is 19. The minimum atomic E-state index is 0.979. The summed E-state index contributed by atoms with van der Waals surface area (Å²) in [6, 6.07) is 0. The van der Waals surface area contributed by atoms with Crippen molar-refractivity contribution in [2.75, 3.05) is 12.3 Å². The Bertz CT molecular complexity index is 202. The molecule has 0 saturated carbocycles. The van der Waals surface area contributed by atoms with E-state index in [0.29, 0.717) is 0 Å². The van der Waals surface area contributed by atoms with Gasteiger partial charge in [0, 0.05) is 0 Å². The lowest BCUT2D eigenvalue weighted by molar-refractivity contribution is 0.471. The summed E-state index contributed by atoms with van der Waals surface area (Å²) in [5.41, 5.74) is 0. The molecule has 0 amide bonds. The zero-order chi connectivity index (χ0) is 17.0. The van der Waals surface area contributed by atoms with Crippen LogP contribution < -0.4 is 0 Å². The van der Waals surface area contributed by atoms with Gasteiger partial charge in [-0.1, -0.05) is 111 Å². The first kappa shape index (κ1) is 23.4. The fourth-order valence-electron chi connectivity index (χ4n) is 3.27. The lowest BCUT2D eigenvalue weighted by Crippen LogP contribution is -1.96. The third-order valence-corrected chi connectivity index (χ3v) is 6.42. The Morgan fingerprint density at radius 3 is 1.57 bits per heavy atom. The molecular weight excluding hydrogens is 295 g/mol. The molecule has 1 heteroatoms. The lowest BCUT2D eigenvalue weighted by Gasteiger charge is -2.11. The van der Waals surface area contributed by atoms with Gasteiger partial charge >= 0.3 is 0 Å². The normalized spacial score (nSPS) is 13.2. The van der Waals surface area contributed by atoms with Crippen molar-refractivity contribution in [3.63, 3.8) is 0 Å². The van der Waals surface area contributed by atoms with Gasteiger partial charge in [-0.15, -0.1) is 8.58 Å². The number of unbranched alkanes of at least 4 members (excludes halogenated alkanes) is 12. The van der Waals surface area contributed by atoms with Gasteiger partial charge in [0.1, 0.15) is 0 Å². The summed E-state index contributed by atoms with van der Waals surface area (Å²) in [7, 11) is 1.24. The summed E-state index contributed by atoms with van der Waals surface area (Å²) >= 11 is 0. The Morgan fingerprint density at radius 2 is 1.00 bits per heavy atom. The van der Waals surface area contributed by atoms with Gasteiger partial charge in [-0.25, -0.2) is 0 Å². The quantitative estimate of drug-likeness (QED) is 0.163. The van der Waals surface area contributed by atoms with Gasteiger partial charge < -0.3 is 0 Å². The van der Waals surface area contributed by atoms with Crippen molar-refractivity contribution in [2.24, 2.45) is 5.92 Å². The van der Waals surface area contributed by atoms with Crippen LogP contribution in [0, 0.1) is 5.92 Å². The van der Waals surface area contributed by atoms with Crippen LogP contribution in [0.1, 0.15) is 124 Å². The van der Waals surface area contributed by atoms with Gasteiger partial charge in [-0.05, 0) is 31.1 Å². The summed E-state index contributed by atoms with van der Waals surface area (Å²) < 4.78 is 0. The number of hydrogen-bond acceptors (Lipinski definition) is 0. The lowest BCUT2D eigenvalue weighted by atomic mass is 9.99. The SMILES string of the molecule is CCCCCCCCCCCC(C)CCPCCCCCCC. The molecule has 0 N–H and O–H groups in total. The standard InChI is InChI=1S/C22H47P/c1-4-6-8-10-11-12-13-14-16-18-22(3)19-21-23-20-17-15-9-7-5-2/h22-23H,4-21H2,1-3H3. The first-order valence-electron chi connectivity index (χ1n) is 11.0. The zero-order valence-corrected chi connectivity index (χ0v) is 17.8. The van der Waals surface area contributed by atoms with Gasteiger partial charge in [-0.2, -0.15) is 0 Å². The molecule has 2 unspecified atom stereocenters. The van der Waals surface area contributed by atoms with E-state index >= 15 is 0 Å². The Balaban J connectivity index is 3.11. The summed E-state index contributed by atoms with van der Waals surface area (Å²) in [6.45, 7) is 7.09. The molecule has 0 aromatic heterocycles. The predicted octanol–water partition coefficient (Wildman–Crippen LogP) is 8.58. The molecule has 0 fully saturated rings. The van der Waals surface area contributed by atoms with E-state index in [4.69, 9.17) is 0 Å². The van der Waals surface area contributed by atoms with Gasteiger partial charge in [0.15, 0.2) is 0 Å². The molecule has 0 spiro atoms. The van der Waals surface area contributed by atoms with Crippen LogP contribution in [0.2, 0.25) is 0 Å². The van der Waals surface area contributed by atoms with Gasteiger partial charge in [0.25, 0.3) is 0 Å². The Kier molecular flexibility index (Phi) is 20.9. The van der Waals surface area contributed by atoms with Gasteiger partial charge in [0.2, 0.25) is 0 Å². The highest BCUT2D eigenvalue weighted by Crippen LogP contribution is 2.21. The molecule has 0 aliphatic heterocycles. The van der Waals surface area contributed by atoms with Crippen molar-refractivity contribution < 1.29 is 0 Å². The third-order valence-electron chi connectivity index (χ3n) is 5.07. The monoisotopic (exact) mass is 342 g/mol. The van der Waals surface area contributed by atoms with E-state index < -0.39 is 0 Å². The van der Waals surface area contributed by atoms with Crippen molar-refractivity contribution in [3.8, 4) is 0 Å². The molecule has 0 aromatic rings. The smallest absolute Gasteiger partial charge is 0.0351 e. The predicted molar refractivity (Wildman–Crippen MR) is 112 cm³/mol. The van der Waals surface area contributed by atoms with Crippen LogP contribution in [0.3, 0.4) is 0 Å². The molecule has 23 heavy (non-hydrogen) atoms. The van der Waals surface area contributed by atoms with Crippen LogP contribution in [0.25, 0.3) is 0 Å². The highest BCUT2D eigenvalue weighted by atomic mass is 31.1. The highest BCUT2D eigenvalue weighted by molar-refractivity contribution is 7.37. The van der Waals surface area contributed by atoms with Crippen molar-refractivity contribution in [2.45, 2.75) is 124 Å². The highest BCUT2D eigenvalue weighted by Gasteiger charge is 2.02. The molecule has 2 atom stereocenters. The zero-order valence-electron chi connectivity index (χ0n) is 16.8. The molecule has 0 aliphatic rings. The van der Waals surface area contributed by atoms with Crippen LogP contribution in [0.4, 0.5) is 0 Å². The second-order valence-corrected chi connectivity index (χ2v) is 9.18. The maximum atomic E-state index is 2.48. The van der Waals surface area contributed by atoms with E-state index in [-0.39, 0.29) is 0 Å². The van der Waals surface area contributed by atoms with Crippen LogP contribution in [-0.2, 0) is 0 Å². The second kappa shape index (κ2) is 20.5. The Labute approximate surface area is 150 Å². The first-order valence-corrected chi connectivity index (χ1v) is 12.4. The molecule has 0 bridgehead atoms. The van der Waals surface area contributed by atoms with E-state index in [1.54, 1.807) is 0 Å². The van der Waals surface area contributed by atoms with E-state index in [1.807, 2.05) is 0 Å². The Hall–Kier alpha value is 0.430. The van der Waals surface area contributed by atoms with Crippen LogP contribution in [0.15, 0.2) is 0 Å². The van der Waals surface area contributed by atoms with Crippen molar-refractivity contribution in [1.29, 1.82) is 0 Å². The fraction of sp³-hybridized carbons (Fsp3) is 1.00. The van der Waals surface area contributed by atoms with Crippen LogP contribution in [-0.4, -0.2) is 12.3 Å². The van der Waals surface area contributed by atoms with Crippen molar-refractivity contribution in [3.05, 3.63) is 0 Å². The third kappa shape index (κ3) is 20.4. The minimum absolute atomic E-state index is 0.979. The molecule has 140 valence electrons. The molecule has 0 aliphatic carbocycles. The maximum Gasteiger partial charge on any atom is -0.0351 e. The summed E-state index contributed by atoms with van der Waals surface area (Å²) in [6.07, 6.45) is 26.4. The fourth-order valence-corrected chi connectivity index (χ4v) is 4.72. The van der Waals surface area contributed by atoms with Crippen LogP contribution >= 0.6 is 8.58 Å². The minimum Gasteiger partial charge on any atom is -0.122 e. The topological polar surface area (TPSA) is 0 Å². The molecule has 0 nitrogen and oxygen atoms in total. The average Bonchev–Trinajstić information content (AvgIpc) is 2.56. The first-order chi connectivity index (χ1) is 11.3. The van der Waals surface area contributed by atoms with Crippen molar-refractivity contribution in [1.82, 2.24) is 0 Å². The van der Waals surface area contributed by atoms with E-state index in [1.165, 1.54) is 124 Å². The average molecular weight is 343 g/mol. The molecule has 0 heterocycles. The molecule has 0 aromatic carbocycles. The summed E-state index contributed by atoms with van der Waals surface area (Å²) in [5, 5.41) is 0. The number of hydrogen-bond donors (Lipinski definition) is 0. The molecular formula is C22H47P. The van der Waals surface area contributed by atoms with Crippen molar-refractivity contribution >= 4 is 8.58 Å². The van der Waals surface area contributed by atoms with E-state index in [0.717, 1.165) is 5.92 Å². The van der Waals surface area contributed by atoms with E-state index in [9.17, 15) is 0 Å². The maximum absolute atomic E-state index is 2.48. The summed E-state index contributed by atoms with van der Waals surface area (Å²) in [5.74, 6) is 0.979.